The number of nitrogens with two attached hydrogens (primary N) is 1. The first kappa shape index (κ1) is 41.0. The SMILES string of the molecule is C[C@H](Cn1cnc2c(N)ncnc21)OCP(=O)(N[C@@H](C)C(=O)O[C@@H](CCC1C(=O)N(c2ccc(F)cc2)[C@@H]1c1ccc(O)cc1)c1ccc(F)cc1)Oc1ccccc1. The number of imidazole rings is 1. The van der Waals surface area contributed by atoms with E-state index in [0.717, 1.165) is 5.56 Å². The van der Waals surface area contributed by atoms with E-state index in [1.165, 1.54) is 73.9 Å². The van der Waals surface area contributed by atoms with Gasteiger partial charge in [0.25, 0.3) is 0 Å². The van der Waals surface area contributed by atoms with Crippen LogP contribution in [0, 0.1) is 17.6 Å². The van der Waals surface area contributed by atoms with Crippen LogP contribution in [-0.4, -0.2) is 55.0 Å². The molecule has 14 nitrogen and oxygen atoms in total. The number of para-hydroxylation sites is 1. The van der Waals surface area contributed by atoms with Crippen molar-refractivity contribution in [2.45, 2.75) is 57.5 Å². The lowest BCUT2D eigenvalue weighted by molar-refractivity contribution is -0.151. The molecule has 0 bridgehead atoms. The van der Waals surface area contributed by atoms with Gasteiger partial charge >= 0.3 is 13.5 Å². The number of hydrogen-bond donors (Lipinski definition) is 3. The molecule has 7 rings (SSSR count). The fraction of sp³-hybridized carbons (Fsp3) is 0.262. The number of hydrogen-bond acceptors (Lipinski definition) is 11. The summed E-state index contributed by atoms with van der Waals surface area (Å²) >= 11 is 0. The van der Waals surface area contributed by atoms with Gasteiger partial charge in [0.2, 0.25) is 5.91 Å². The smallest absolute Gasteiger partial charge is 0.342 e. The van der Waals surface area contributed by atoms with Crippen molar-refractivity contribution in [3.05, 3.63) is 139 Å². The molecule has 306 valence electrons. The van der Waals surface area contributed by atoms with Crippen LogP contribution in [-0.2, 0) is 30.2 Å². The molecule has 17 heteroatoms. The van der Waals surface area contributed by atoms with Gasteiger partial charge in [-0.3, -0.25) is 14.2 Å². The van der Waals surface area contributed by atoms with Crippen LogP contribution in [0.4, 0.5) is 20.3 Å². The Morgan fingerprint density at radius 1 is 0.932 bits per heavy atom. The maximum atomic E-state index is 14.5. The quantitative estimate of drug-likeness (QED) is 0.0469. The molecule has 6 aromatic rings. The average molecular weight is 826 g/mol. The van der Waals surface area contributed by atoms with E-state index in [1.807, 2.05) is 0 Å². The minimum absolute atomic E-state index is 0.0554. The molecule has 0 radical (unpaired) electrons. The van der Waals surface area contributed by atoms with Crippen molar-refractivity contribution in [2.24, 2.45) is 5.92 Å². The predicted molar refractivity (Wildman–Crippen MR) is 215 cm³/mol. The van der Waals surface area contributed by atoms with Crippen LogP contribution < -0.4 is 20.2 Å². The van der Waals surface area contributed by atoms with Gasteiger partial charge in [-0.2, -0.15) is 0 Å². The lowest BCUT2D eigenvalue weighted by Crippen LogP contribution is -2.55. The number of nitrogens with one attached hydrogen (secondary N) is 1. The standard InChI is InChI=1S/C42H42F2N7O7P/c1-26(22-50-24-48-37-39(45)46-23-47-40(37)50)56-25-59(55,58-34-6-4-3-5-7-34)49-27(2)42(54)57-36(28-8-12-30(43)13-9-28)21-20-35-38(29-10-18-33(52)19-11-29)51(41(35)53)32-16-14-31(44)15-17-32/h3-19,23-24,26-27,35-36,38,52H,20-22,25H2,1-2H3,(H,49,55)(H2,45,46,47)/t26-,27+,35?,36+,38-,59?/m1/s1. The third-order valence-electron chi connectivity index (χ3n) is 9.95. The van der Waals surface area contributed by atoms with Gasteiger partial charge in [-0.25, -0.2) is 28.8 Å². The zero-order valence-corrected chi connectivity index (χ0v) is 33.0. The zero-order valence-electron chi connectivity index (χ0n) is 32.1. The molecule has 1 aliphatic rings. The zero-order chi connectivity index (χ0) is 41.7. The molecule has 59 heavy (non-hydrogen) atoms. The van der Waals surface area contributed by atoms with Crippen LogP contribution in [0.25, 0.3) is 11.2 Å². The van der Waals surface area contributed by atoms with Gasteiger partial charge in [-0.05, 0) is 98.5 Å². The number of amides is 1. The van der Waals surface area contributed by atoms with Crippen LogP contribution in [0.5, 0.6) is 11.5 Å². The maximum absolute atomic E-state index is 14.5. The lowest BCUT2D eigenvalue weighted by atomic mass is 9.78. The number of nitrogens with zero attached hydrogens (tertiary/aromatic N) is 5. The Labute approximate surface area is 338 Å². The third kappa shape index (κ3) is 9.57. The minimum Gasteiger partial charge on any atom is -0.508 e. The molecular formula is C42H42F2N7O7P. The molecule has 4 N–H and O–H groups in total. The minimum atomic E-state index is -3.98. The molecule has 0 spiro atoms. The number of aromatic hydroxyl groups is 1. The van der Waals surface area contributed by atoms with Gasteiger partial charge in [0.05, 0.1) is 30.9 Å². The Hall–Kier alpha value is -6.22. The summed E-state index contributed by atoms with van der Waals surface area (Å²) in [4.78, 5) is 41.7. The molecule has 1 saturated heterocycles. The third-order valence-corrected chi connectivity index (χ3v) is 11.7. The fourth-order valence-electron chi connectivity index (χ4n) is 6.99. The molecular weight excluding hydrogens is 783 g/mol. The number of aromatic nitrogens is 4. The molecule has 1 aliphatic heterocycles. The van der Waals surface area contributed by atoms with Gasteiger partial charge in [0.1, 0.15) is 53.5 Å². The first-order valence-corrected chi connectivity index (χ1v) is 20.7. The van der Waals surface area contributed by atoms with Crippen LogP contribution in [0.1, 0.15) is 50.0 Å². The van der Waals surface area contributed by atoms with E-state index >= 15 is 0 Å². The number of anilines is 2. The van der Waals surface area contributed by atoms with Crippen molar-refractivity contribution in [1.82, 2.24) is 24.6 Å². The van der Waals surface area contributed by atoms with Gasteiger partial charge in [0.15, 0.2) is 11.5 Å². The summed E-state index contributed by atoms with van der Waals surface area (Å²) in [6.07, 6.45) is 1.39. The maximum Gasteiger partial charge on any atom is 0.342 e. The first-order chi connectivity index (χ1) is 28.4. The number of halogens is 2. The van der Waals surface area contributed by atoms with Crippen LogP contribution in [0.15, 0.2) is 116 Å². The van der Waals surface area contributed by atoms with E-state index in [9.17, 15) is 28.0 Å². The second-order valence-corrected chi connectivity index (χ2v) is 16.3. The fourth-order valence-corrected chi connectivity index (χ4v) is 8.78. The van der Waals surface area contributed by atoms with E-state index in [1.54, 1.807) is 65.2 Å². The second-order valence-electron chi connectivity index (χ2n) is 14.2. The number of β-lactam (4-membered cyclic amide) rings is 1. The number of fused-ring (bicyclic) bond motifs is 1. The monoisotopic (exact) mass is 825 g/mol. The number of phenols is 1. The van der Waals surface area contributed by atoms with Gasteiger partial charge in [0, 0.05) is 5.69 Å². The Balaban J connectivity index is 1.06. The highest BCUT2D eigenvalue weighted by atomic mass is 31.2. The number of rotatable bonds is 17. The van der Waals surface area contributed by atoms with Crippen molar-refractivity contribution >= 4 is 42.1 Å². The van der Waals surface area contributed by atoms with E-state index in [4.69, 9.17) is 19.7 Å². The Kier molecular flexibility index (Phi) is 12.3. The number of nitrogen functional groups attached to an aromatic ring is 1. The molecule has 3 heterocycles. The Morgan fingerprint density at radius 2 is 1.61 bits per heavy atom. The van der Waals surface area contributed by atoms with Gasteiger partial charge in [-0.15, -0.1) is 0 Å². The summed E-state index contributed by atoms with van der Waals surface area (Å²) in [6.45, 7) is 3.52. The molecule has 4 aromatic carbocycles. The van der Waals surface area contributed by atoms with E-state index in [0.29, 0.717) is 22.4 Å². The summed E-state index contributed by atoms with van der Waals surface area (Å²) in [5.74, 6) is -1.95. The van der Waals surface area contributed by atoms with Crippen molar-refractivity contribution in [3.63, 3.8) is 0 Å². The molecule has 6 atom stereocenters. The summed E-state index contributed by atoms with van der Waals surface area (Å²) in [5, 5.41) is 12.8. The van der Waals surface area contributed by atoms with Crippen molar-refractivity contribution < 1.29 is 42.0 Å². The highest BCUT2D eigenvalue weighted by molar-refractivity contribution is 7.57. The number of carbonyl (C=O) groups is 2. The predicted octanol–water partition coefficient (Wildman–Crippen LogP) is 7.47. The molecule has 1 amide bonds. The van der Waals surface area contributed by atoms with Crippen LogP contribution in [0.3, 0.4) is 0 Å². The van der Waals surface area contributed by atoms with Crippen molar-refractivity contribution in [2.75, 3.05) is 17.0 Å². The normalized spacial score (nSPS) is 17.8. The summed E-state index contributed by atoms with van der Waals surface area (Å²) in [5.41, 5.74) is 8.60. The van der Waals surface area contributed by atoms with E-state index in [-0.39, 0.29) is 42.6 Å². The topological polar surface area (TPSA) is 184 Å². The Bertz CT molecular complexity index is 2440. The second kappa shape index (κ2) is 17.7. The number of phenolic OH excluding ortho intramolecular Hbond substituents is 1. The van der Waals surface area contributed by atoms with Crippen LogP contribution >= 0.6 is 7.52 Å². The van der Waals surface area contributed by atoms with Crippen molar-refractivity contribution in [1.29, 1.82) is 0 Å². The largest absolute Gasteiger partial charge is 0.508 e. The summed E-state index contributed by atoms with van der Waals surface area (Å²) in [7, 11) is -3.98. The number of benzene rings is 4. The number of ether oxygens (including phenoxy) is 2. The number of carbonyl (C=O) groups excluding carboxylic acids is 2. The van der Waals surface area contributed by atoms with Crippen molar-refractivity contribution in [3.8, 4) is 11.5 Å². The molecule has 0 aliphatic carbocycles. The van der Waals surface area contributed by atoms with Gasteiger partial charge < -0.3 is 34.3 Å². The summed E-state index contributed by atoms with van der Waals surface area (Å²) < 4.78 is 62.1. The van der Waals surface area contributed by atoms with E-state index < -0.39 is 61.7 Å². The molecule has 1 fully saturated rings. The molecule has 2 aromatic heterocycles. The van der Waals surface area contributed by atoms with E-state index in [2.05, 4.69) is 20.0 Å². The first-order valence-electron chi connectivity index (χ1n) is 18.9. The molecule has 2 unspecified atom stereocenters. The highest BCUT2D eigenvalue weighted by Gasteiger charge is 2.48. The average Bonchev–Trinajstić information content (AvgIpc) is 3.64. The lowest BCUT2D eigenvalue weighted by Gasteiger charge is -2.48. The van der Waals surface area contributed by atoms with Gasteiger partial charge in [-0.1, -0.05) is 42.5 Å². The number of esters is 1. The Morgan fingerprint density at radius 3 is 2.31 bits per heavy atom. The molecule has 0 saturated carbocycles. The highest BCUT2D eigenvalue weighted by Crippen LogP contribution is 2.47. The summed E-state index contributed by atoms with van der Waals surface area (Å²) in [6, 6.07) is 24.3. The van der Waals surface area contributed by atoms with Crippen LogP contribution in [0.2, 0.25) is 0 Å².